The first kappa shape index (κ1) is 49.6. The van der Waals surface area contributed by atoms with Crippen molar-refractivity contribution in [3.8, 4) is 0 Å². The number of carbonyl (C=O) groups is 1. The summed E-state index contributed by atoms with van der Waals surface area (Å²) in [4.78, 5) is 10.3. The van der Waals surface area contributed by atoms with Gasteiger partial charge in [0.1, 0.15) is 0 Å². The molecule has 0 saturated carbocycles. The van der Waals surface area contributed by atoms with Gasteiger partial charge in [-0.15, -0.1) is 0 Å². The molecule has 0 aliphatic carbocycles. The lowest BCUT2D eigenvalue weighted by atomic mass is 9.90. The summed E-state index contributed by atoms with van der Waals surface area (Å²) in [5.74, 6) is 4.86. The van der Waals surface area contributed by atoms with Crippen molar-refractivity contribution in [2.75, 3.05) is 0 Å². The van der Waals surface area contributed by atoms with Crippen molar-refractivity contribution in [3.05, 3.63) is 0 Å². The van der Waals surface area contributed by atoms with Crippen molar-refractivity contribution in [2.24, 2.45) is 35.5 Å². The average molecular weight is 679 g/mol. The molecule has 1 N–H and O–H groups in total. The van der Waals surface area contributed by atoms with Crippen molar-refractivity contribution >= 4 is 5.97 Å². The SMILES string of the molecule is CC(C)CCCC(C)CCCC(C)CCCCC(C)CCCC(C)CCCC(C)C.CCCCCCCCCCCCCCCC(=O)O. The maximum absolute atomic E-state index is 10.3. The molecule has 0 radical (unpaired) electrons. The quantitative estimate of drug-likeness (QED) is 0.0677. The fraction of sp³-hybridized carbons (Fsp3) is 0.978. The Morgan fingerprint density at radius 3 is 0.875 bits per heavy atom. The summed E-state index contributed by atoms with van der Waals surface area (Å²) < 4.78 is 0. The van der Waals surface area contributed by atoms with Gasteiger partial charge in [-0.25, -0.2) is 0 Å². The van der Waals surface area contributed by atoms with E-state index >= 15 is 0 Å². The molecule has 4 unspecified atom stereocenters. The maximum Gasteiger partial charge on any atom is 0.303 e. The number of carboxylic acids is 1. The van der Waals surface area contributed by atoms with E-state index in [0.29, 0.717) is 6.42 Å². The summed E-state index contributed by atoms with van der Waals surface area (Å²) in [6, 6.07) is 0. The number of unbranched alkanes of at least 4 members (excludes halogenated alkanes) is 13. The topological polar surface area (TPSA) is 37.3 Å². The summed E-state index contributed by atoms with van der Waals surface area (Å²) in [5.41, 5.74) is 0. The minimum Gasteiger partial charge on any atom is -0.481 e. The summed E-state index contributed by atoms with van der Waals surface area (Å²) in [5, 5.41) is 8.49. The molecular weight excluding hydrogens is 585 g/mol. The van der Waals surface area contributed by atoms with Gasteiger partial charge in [-0.1, -0.05) is 242 Å². The summed E-state index contributed by atoms with van der Waals surface area (Å²) in [6.45, 7) is 21.6. The van der Waals surface area contributed by atoms with E-state index in [1.165, 1.54) is 173 Å². The number of carboxylic acid groups (broad SMARTS) is 1. The summed E-state index contributed by atoms with van der Waals surface area (Å²) in [6.07, 6.45) is 40.4. The van der Waals surface area contributed by atoms with Gasteiger partial charge in [-0.2, -0.15) is 0 Å². The number of hydrogen-bond acceptors (Lipinski definition) is 1. The number of rotatable bonds is 35. The van der Waals surface area contributed by atoms with Gasteiger partial charge in [0, 0.05) is 6.42 Å². The Balaban J connectivity index is 0. The van der Waals surface area contributed by atoms with Crippen LogP contribution in [0.2, 0.25) is 0 Å². The zero-order valence-electron chi connectivity index (χ0n) is 35.0. The van der Waals surface area contributed by atoms with Crippen LogP contribution in [0.25, 0.3) is 0 Å². The number of hydrogen-bond donors (Lipinski definition) is 1. The van der Waals surface area contributed by atoms with E-state index in [0.717, 1.165) is 48.3 Å². The van der Waals surface area contributed by atoms with Crippen LogP contribution in [0.5, 0.6) is 0 Å². The Bertz CT molecular complexity index is 592. The van der Waals surface area contributed by atoms with E-state index in [4.69, 9.17) is 5.11 Å². The van der Waals surface area contributed by atoms with Crippen LogP contribution in [0.3, 0.4) is 0 Å². The van der Waals surface area contributed by atoms with Gasteiger partial charge in [0.2, 0.25) is 0 Å². The molecular formula is C46H94O2. The van der Waals surface area contributed by atoms with Crippen LogP contribution in [-0.4, -0.2) is 11.1 Å². The molecule has 0 aliphatic rings. The molecule has 0 spiro atoms. The second-order valence-electron chi connectivity index (χ2n) is 17.6. The zero-order valence-corrected chi connectivity index (χ0v) is 35.0. The van der Waals surface area contributed by atoms with Gasteiger partial charge < -0.3 is 5.11 Å². The second kappa shape index (κ2) is 37.7. The molecule has 290 valence electrons. The molecule has 0 amide bonds. The predicted molar refractivity (Wildman–Crippen MR) is 218 cm³/mol. The zero-order chi connectivity index (χ0) is 36.3. The van der Waals surface area contributed by atoms with Crippen molar-refractivity contribution < 1.29 is 9.90 Å². The van der Waals surface area contributed by atoms with Crippen molar-refractivity contribution in [1.82, 2.24) is 0 Å². The Hall–Kier alpha value is -0.530. The Kier molecular flexibility index (Phi) is 39.0. The van der Waals surface area contributed by atoms with E-state index in [1.54, 1.807) is 0 Å². The molecule has 0 aromatic carbocycles. The monoisotopic (exact) mass is 679 g/mol. The first-order valence-electron chi connectivity index (χ1n) is 22.2. The molecule has 2 nitrogen and oxygen atoms in total. The first-order valence-corrected chi connectivity index (χ1v) is 22.2. The Morgan fingerprint density at radius 2 is 0.604 bits per heavy atom. The highest BCUT2D eigenvalue weighted by Crippen LogP contribution is 2.24. The molecule has 0 aromatic rings. The molecule has 0 fully saturated rings. The lowest BCUT2D eigenvalue weighted by molar-refractivity contribution is -0.137. The summed E-state index contributed by atoms with van der Waals surface area (Å²) >= 11 is 0. The van der Waals surface area contributed by atoms with Crippen LogP contribution in [-0.2, 0) is 4.79 Å². The standard InChI is InChI=1S/C30H62.C16H32O2/c1-25(2)15-11-19-29(7)23-13-21-27(5)17-9-10-18-28(6)22-14-24-30(8)20-12-16-26(3)4;1-2-3-4-5-6-7-8-9-10-11-12-13-14-15-16(17)18/h25-30H,9-24H2,1-8H3;2-15H2,1H3,(H,17,18). The molecule has 0 heterocycles. The Morgan fingerprint density at radius 1 is 0.354 bits per heavy atom. The fourth-order valence-electron chi connectivity index (χ4n) is 7.24. The van der Waals surface area contributed by atoms with Crippen LogP contribution in [0, 0.1) is 35.5 Å². The highest BCUT2D eigenvalue weighted by atomic mass is 16.4. The predicted octanol–water partition coefficient (Wildman–Crippen LogP) is 16.6. The number of aliphatic carboxylic acids is 1. The van der Waals surface area contributed by atoms with E-state index < -0.39 is 5.97 Å². The van der Waals surface area contributed by atoms with Gasteiger partial charge in [0.25, 0.3) is 0 Å². The molecule has 0 aromatic heterocycles. The smallest absolute Gasteiger partial charge is 0.303 e. The highest BCUT2D eigenvalue weighted by Gasteiger charge is 2.09. The van der Waals surface area contributed by atoms with Crippen LogP contribution in [0.1, 0.15) is 255 Å². The van der Waals surface area contributed by atoms with Crippen LogP contribution < -0.4 is 0 Å². The molecule has 0 saturated heterocycles. The van der Waals surface area contributed by atoms with E-state index in [9.17, 15) is 4.79 Å². The fourth-order valence-corrected chi connectivity index (χ4v) is 7.24. The van der Waals surface area contributed by atoms with Crippen molar-refractivity contribution in [3.63, 3.8) is 0 Å². The largest absolute Gasteiger partial charge is 0.481 e. The lowest BCUT2D eigenvalue weighted by Gasteiger charge is -2.16. The van der Waals surface area contributed by atoms with Gasteiger partial charge in [0.15, 0.2) is 0 Å². The van der Waals surface area contributed by atoms with E-state index in [1.807, 2.05) is 0 Å². The third-order valence-electron chi connectivity index (χ3n) is 10.9. The van der Waals surface area contributed by atoms with E-state index in [2.05, 4.69) is 62.3 Å². The van der Waals surface area contributed by atoms with Gasteiger partial charge in [-0.3, -0.25) is 4.79 Å². The first-order chi connectivity index (χ1) is 23.0. The lowest BCUT2D eigenvalue weighted by Crippen LogP contribution is -2.01. The highest BCUT2D eigenvalue weighted by molar-refractivity contribution is 5.66. The molecule has 0 rings (SSSR count). The third kappa shape index (κ3) is 43.5. The maximum atomic E-state index is 10.3. The summed E-state index contributed by atoms with van der Waals surface area (Å²) in [7, 11) is 0. The molecule has 48 heavy (non-hydrogen) atoms. The molecule has 4 atom stereocenters. The van der Waals surface area contributed by atoms with Gasteiger partial charge in [-0.05, 0) is 41.9 Å². The van der Waals surface area contributed by atoms with E-state index in [-0.39, 0.29) is 0 Å². The molecule has 0 aliphatic heterocycles. The molecule has 2 heteroatoms. The minimum atomic E-state index is -0.655. The Labute approximate surface area is 305 Å². The van der Waals surface area contributed by atoms with Crippen LogP contribution in [0.4, 0.5) is 0 Å². The van der Waals surface area contributed by atoms with Gasteiger partial charge >= 0.3 is 5.97 Å². The second-order valence-corrected chi connectivity index (χ2v) is 17.6. The van der Waals surface area contributed by atoms with Gasteiger partial charge in [0.05, 0.1) is 0 Å². The van der Waals surface area contributed by atoms with Crippen molar-refractivity contribution in [1.29, 1.82) is 0 Å². The third-order valence-corrected chi connectivity index (χ3v) is 10.9. The normalized spacial score (nSPS) is 14.1. The molecule has 0 bridgehead atoms. The van der Waals surface area contributed by atoms with Crippen molar-refractivity contribution in [2.45, 2.75) is 255 Å². The minimum absolute atomic E-state index is 0.345. The average Bonchev–Trinajstić information content (AvgIpc) is 3.01. The van der Waals surface area contributed by atoms with Crippen LogP contribution >= 0.6 is 0 Å². The van der Waals surface area contributed by atoms with Crippen LogP contribution in [0.15, 0.2) is 0 Å².